The Morgan fingerprint density at radius 3 is 1.90 bits per heavy atom. The molecule has 11 heteroatoms. The van der Waals surface area contributed by atoms with Crippen LogP contribution in [0.15, 0.2) is 65.8 Å². The maximum Gasteiger partial charge on any atom is 0.410 e. The number of ether oxygens (including phenoxy) is 3. The van der Waals surface area contributed by atoms with E-state index in [-0.39, 0.29) is 30.1 Å². The van der Waals surface area contributed by atoms with Gasteiger partial charge >= 0.3 is 6.09 Å². The van der Waals surface area contributed by atoms with E-state index in [9.17, 15) is 13.2 Å². The normalized spacial score (nSPS) is 14.3. The van der Waals surface area contributed by atoms with Crippen LogP contribution in [-0.4, -0.2) is 66.4 Å². The van der Waals surface area contributed by atoms with Crippen molar-refractivity contribution in [3.63, 3.8) is 0 Å². The number of rotatable bonds is 10. The molecule has 1 amide bonds. The minimum Gasteiger partial charge on any atom is -0.497 e. The van der Waals surface area contributed by atoms with Crippen LogP contribution in [0.1, 0.15) is 31.9 Å². The van der Waals surface area contributed by atoms with Gasteiger partial charge in [-0.1, -0.05) is 24.3 Å². The molecule has 0 atom stereocenters. The Bertz CT molecular complexity index is 1310. The second-order valence-electron chi connectivity index (χ2n) is 10.6. The van der Waals surface area contributed by atoms with E-state index in [1.807, 2.05) is 45.0 Å². The van der Waals surface area contributed by atoms with Gasteiger partial charge in [-0.15, -0.1) is 0 Å². The van der Waals surface area contributed by atoms with Gasteiger partial charge in [0.05, 0.1) is 14.2 Å². The molecule has 0 spiro atoms. The van der Waals surface area contributed by atoms with E-state index in [1.54, 1.807) is 54.3 Å². The van der Waals surface area contributed by atoms with Gasteiger partial charge < -0.3 is 19.1 Å². The molecule has 210 valence electrons. The topological polar surface area (TPSA) is 103 Å². The number of sulfonamides is 1. The second-order valence-corrected chi connectivity index (χ2v) is 12.5. The van der Waals surface area contributed by atoms with E-state index in [2.05, 4.69) is 5.10 Å². The van der Waals surface area contributed by atoms with Crippen molar-refractivity contribution in [2.75, 3.05) is 27.3 Å². The monoisotopic (exact) mass is 556 g/mol. The van der Waals surface area contributed by atoms with Crippen molar-refractivity contribution < 1.29 is 27.4 Å². The van der Waals surface area contributed by atoms with E-state index in [0.29, 0.717) is 31.1 Å². The summed E-state index contributed by atoms with van der Waals surface area (Å²) in [5.74, 6) is 1.56. The van der Waals surface area contributed by atoms with Gasteiger partial charge in [-0.05, 0) is 62.2 Å². The summed E-state index contributed by atoms with van der Waals surface area (Å²) in [5, 5.41) is 4.38. The Morgan fingerprint density at radius 2 is 1.44 bits per heavy atom. The number of methoxy groups -OCH3 is 2. The highest BCUT2D eigenvalue weighted by Gasteiger charge is 2.34. The fourth-order valence-electron chi connectivity index (χ4n) is 4.24. The minimum absolute atomic E-state index is 0.0205. The molecule has 0 radical (unpaired) electrons. The van der Waals surface area contributed by atoms with Crippen LogP contribution in [0.4, 0.5) is 4.79 Å². The van der Waals surface area contributed by atoms with E-state index < -0.39 is 15.6 Å². The summed E-state index contributed by atoms with van der Waals surface area (Å²) < 4.78 is 46.5. The Kier molecular flexibility index (Phi) is 8.51. The molecule has 1 aromatic heterocycles. The predicted molar refractivity (Wildman–Crippen MR) is 146 cm³/mol. The first-order valence-electron chi connectivity index (χ1n) is 12.7. The predicted octanol–water partition coefficient (Wildman–Crippen LogP) is 4.16. The van der Waals surface area contributed by atoms with E-state index >= 15 is 0 Å². The number of amides is 1. The molecule has 1 fully saturated rings. The fourth-order valence-corrected chi connectivity index (χ4v) is 5.58. The maximum atomic E-state index is 13.8. The van der Waals surface area contributed by atoms with Gasteiger partial charge in [-0.25, -0.2) is 13.2 Å². The SMILES string of the molecule is COc1ccc(CN(Cc2ccc(OC)cc2)S(=O)(=O)c2ccn(CC3CN(C(=O)OC(C)(C)C)C3)n2)cc1. The zero-order chi connectivity index (χ0) is 28.2. The summed E-state index contributed by atoms with van der Waals surface area (Å²) in [7, 11) is -0.747. The van der Waals surface area contributed by atoms with Gasteiger partial charge in [0.25, 0.3) is 10.0 Å². The fraction of sp³-hybridized carbons (Fsp3) is 0.429. The first-order valence-corrected chi connectivity index (χ1v) is 14.2. The first-order chi connectivity index (χ1) is 18.5. The number of hydrogen-bond acceptors (Lipinski definition) is 7. The Balaban J connectivity index is 1.47. The Labute approximate surface area is 230 Å². The summed E-state index contributed by atoms with van der Waals surface area (Å²) in [6.45, 7) is 7.42. The Morgan fingerprint density at radius 1 is 0.923 bits per heavy atom. The van der Waals surface area contributed by atoms with E-state index in [4.69, 9.17) is 14.2 Å². The van der Waals surface area contributed by atoms with Crippen LogP contribution < -0.4 is 9.47 Å². The van der Waals surface area contributed by atoms with Gasteiger partial charge in [0, 0.05) is 44.8 Å². The standard InChI is InChI=1S/C28H36N4O6S/c1-28(2,3)38-27(33)30-16-23(17-30)18-31-15-14-26(29-31)39(34,35)32(19-21-6-10-24(36-4)11-7-21)20-22-8-12-25(37-5)13-9-22/h6-15,23H,16-20H2,1-5H3. The zero-order valence-electron chi connectivity index (χ0n) is 23.0. The Hall–Kier alpha value is -3.57. The van der Waals surface area contributed by atoms with Crippen molar-refractivity contribution in [1.82, 2.24) is 19.0 Å². The lowest BCUT2D eigenvalue weighted by molar-refractivity contribution is -0.00388. The molecule has 3 aromatic rings. The number of hydrogen-bond donors (Lipinski definition) is 0. The van der Waals surface area contributed by atoms with Crippen molar-refractivity contribution in [1.29, 1.82) is 0 Å². The van der Waals surface area contributed by atoms with Crippen LogP contribution >= 0.6 is 0 Å². The lowest BCUT2D eigenvalue weighted by Crippen LogP contribution is -2.52. The third-order valence-corrected chi connectivity index (χ3v) is 7.99. The van der Waals surface area contributed by atoms with E-state index in [1.165, 1.54) is 10.4 Å². The molecule has 0 N–H and O–H groups in total. The highest BCUT2D eigenvalue weighted by molar-refractivity contribution is 7.89. The van der Waals surface area contributed by atoms with Crippen LogP contribution in [0, 0.1) is 5.92 Å². The third-order valence-electron chi connectivity index (χ3n) is 6.31. The molecule has 0 saturated carbocycles. The average Bonchev–Trinajstić information content (AvgIpc) is 3.35. The molecule has 1 saturated heterocycles. The summed E-state index contributed by atoms with van der Waals surface area (Å²) in [6, 6.07) is 16.1. The van der Waals surface area contributed by atoms with Crippen LogP contribution in [-0.2, 0) is 34.4 Å². The maximum absolute atomic E-state index is 13.8. The molecule has 10 nitrogen and oxygen atoms in total. The van der Waals surface area contributed by atoms with Gasteiger partial charge in [0.1, 0.15) is 17.1 Å². The van der Waals surface area contributed by atoms with Crippen LogP contribution in [0.3, 0.4) is 0 Å². The molecule has 4 rings (SSSR count). The molecule has 2 heterocycles. The van der Waals surface area contributed by atoms with Crippen molar-refractivity contribution in [3.05, 3.63) is 71.9 Å². The number of nitrogens with zero attached hydrogens (tertiary/aromatic N) is 4. The van der Waals surface area contributed by atoms with Crippen molar-refractivity contribution in [3.8, 4) is 11.5 Å². The smallest absolute Gasteiger partial charge is 0.410 e. The number of carbonyl (C=O) groups is 1. The number of aromatic nitrogens is 2. The summed E-state index contributed by atoms with van der Waals surface area (Å²) in [6.07, 6.45) is 1.33. The lowest BCUT2D eigenvalue weighted by Gasteiger charge is -2.39. The quantitative estimate of drug-likeness (QED) is 0.369. The molecular weight excluding hydrogens is 520 g/mol. The molecule has 0 aliphatic carbocycles. The summed E-state index contributed by atoms with van der Waals surface area (Å²) in [4.78, 5) is 13.8. The molecule has 2 aromatic carbocycles. The van der Waals surface area contributed by atoms with Crippen molar-refractivity contribution >= 4 is 16.1 Å². The highest BCUT2D eigenvalue weighted by atomic mass is 32.2. The number of likely N-dealkylation sites (tertiary alicyclic amines) is 1. The third kappa shape index (κ3) is 7.30. The van der Waals surface area contributed by atoms with Crippen LogP contribution in [0.2, 0.25) is 0 Å². The second kappa shape index (κ2) is 11.7. The highest BCUT2D eigenvalue weighted by Crippen LogP contribution is 2.24. The molecule has 1 aliphatic rings. The molecular formula is C28H36N4O6S. The molecule has 1 aliphatic heterocycles. The van der Waals surface area contributed by atoms with Crippen LogP contribution in [0.25, 0.3) is 0 Å². The zero-order valence-corrected chi connectivity index (χ0v) is 23.8. The first kappa shape index (κ1) is 28.4. The van der Waals surface area contributed by atoms with Gasteiger partial charge in [-0.2, -0.15) is 9.40 Å². The molecule has 0 bridgehead atoms. The van der Waals surface area contributed by atoms with Gasteiger partial charge in [0.15, 0.2) is 5.03 Å². The minimum atomic E-state index is -3.92. The van der Waals surface area contributed by atoms with Gasteiger partial charge in [0.2, 0.25) is 0 Å². The molecule has 0 unspecified atom stereocenters. The molecule has 39 heavy (non-hydrogen) atoms. The number of carbonyl (C=O) groups excluding carboxylic acids is 1. The lowest BCUT2D eigenvalue weighted by atomic mass is 10.0. The number of benzene rings is 2. The van der Waals surface area contributed by atoms with Gasteiger partial charge in [-0.3, -0.25) is 4.68 Å². The average molecular weight is 557 g/mol. The van der Waals surface area contributed by atoms with E-state index in [0.717, 1.165) is 11.1 Å². The summed E-state index contributed by atoms with van der Waals surface area (Å²) in [5.41, 5.74) is 1.10. The largest absolute Gasteiger partial charge is 0.497 e. The van der Waals surface area contributed by atoms with Crippen molar-refractivity contribution in [2.24, 2.45) is 5.92 Å². The van der Waals surface area contributed by atoms with Crippen LogP contribution in [0.5, 0.6) is 11.5 Å². The van der Waals surface area contributed by atoms with Crippen molar-refractivity contribution in [2.45, 2.75) is 51.0 Å². The summed E-state index contributed by atoms with van der Waals surface area (Å²) >= 11 is 0.